The predicted octanol–water partition coefficient (Wildman–Crippen LogP) is 4.77. The summed E-state index contributed by atoms with van der Waals surface area (Å²) >= 11 is 6.13. The first-order chi connectivity index (χ1) is 14.7. The van der Waals surface area contributed by atoms with Gasteiger partial charge in [0.2, 0.25) is 0 Å². The number of aliphatic hydroxyl groups is 1. The number of aryl methyl sites for hydroxylation is 1. The normalized spacial score (nSPS) is 18.4. The van der Waals surface area contributed by atoms with Crippen molar-refractivity contribution in [1.82, 2.24) is 9.88 Å². The van der Waals surface area contributed by atoms with Crippen LogP contribution in [0, 0.1) is 6.92 Å². The molecule has 1 aliphatic heterocycles. The first kappa shape index (κ1) is 21.5. The van der Waals surface area contributed by atoms with Gasteiger partial charge >= 0.3 is 0 Å². The number of fused-ring (bicyclic) bond motifs is 1. The maximum atomic E-state index is 13.7. The molecule has 0 saturated carbocycles. The van der Waals surface area contributed by atoms with Crippen LogP contribution in [0.15, 0.2) is 60.8 Å². The number of aromatic nitrogens is 1. The lowest BCUT2D eigenvalue weighted by atomic mass is 9.89. The van der Waals surface area contributed by atoms with Gasteiger partial charge in [0.25, 0.3) is 5.91 Å². The topological polar surface area (TPSA) is 62.7 Å². The number of ether oxygens (including phenoxy) is 1. The highest BCUT2D eigenvalue weighted by molar-refractivity contribution is 6.30. The van der Waals surface area contributed by atoms with E-state index in [0.29, 0.717) is 16.1 Å². The number of amides is 1. The Balaban J connectivity index is 1.91. The number of methoxy groups -OCH3 is 1. The van der Waals surface area contributed by atoms with E-state index in [1.807, 2.05) is 43.3 Å². The van der Waals surface area contributed by atoms with Crippen molar-refractivity contribution in [1.29, 1.82) is 0 Å². The summed E-state index contributed by atoms with van der Waals surface area (Å²) in [7, 11) is 1.59. The number of halogens is 1. The number of rotatable bonds is 5. The van der Waals surface area contributed by atoms with Crippen molar-refractivity contribution in [3.05, 3.63) is 99.3 Å². The lowest BCUT2D eigenvalue weighted by molar-refractivity contribution is -0.0868. The Bertz CT molecular complexity index is 1120. The Morgan fingerprint density at radius 3 is 2.42 bits per heavy atom. The molecule has 4 rings (SSSR count). The zero-order valence-corrected chi connectivity index (χ0v) is 18.8. The van der Waals surface area contributed by atoms with Crippen LogP contribution in [-0.2, 0) is 22.6 Å². The molecular formula is C25H25ClN2O3. The molecule has 3 aromatic rings. The molecule has 6 heteroatoms. The molecule has 0 bridgehead atoms. The van der Waals surface area contributed by atoms with Crippen LogP contribution in [0.1, 0.15) is 52.2 Å². The van der Waals surface area contributed by atoms with E-state index in [1.165, 1.54) is 0 Å². The van der Waals surface area contributed by atoms with Crippen molar-refractivity contribution >= 4 is 17.5 Å². The molecule has 0 saturated heterocycles. The number of hydrogen-bond donors (Lipinski definition) is 1. The van der Waals surface area contributed by atoms with Crippen LogP contribution < -0.4 is 0 Å². The van der Waals surface area contributed by atoms with Crippen LogP contribution >= 0.6 is 11.6 Å². The number of nitrogens with zero attached hydrogens (tertiary/aromatic N) is 2. The van der Waals surface area contributed by atoms with Crippen molar-refractivity contribution in [2.75, 3.05) is 7.11 Å². The van der Waals surface area contributed by atoms with E-state index in [1.54, 1.807) is 50.3 Å². The molecule has 0 radical (unpaired) electrons. The summed E-state index contributed by atoms with van der Waals surface area (Å²) in [6.07, 6.45) is 1.78. The molecule has 2 heterocycles. The van der Waals surface area contributed by atoms with Gasteiger partial charge in [-0.3, -0.25) is 14.7 Å². The van der Waals surface area contributed by atoms with Crippen LogP contribution in [0.25, 0.3) is 0 Å². The minimum absolute atomic E-state index is 0.180. The number of carbonyl (C=O) groups excluding carboxylic acids is 1. The minimum atomic E-state index is -1.14. The van der Waals surface area contributed by atoms with Crippen LogP contribution in [0.3, 0.4) is 0 Å². The number of benzene rings is 2. The van der Waals surface area contributed by atoms with Crippen molar-refractivity contribution in [3.8, 4) is 0 Å². The van der Waals surface area contributed by atoms with E-state index in [2.05, 4.69) is 4.98 Å². The van der Waals surface area contributed by atoms with Gasteiger partial charge in [-0.2, -0.15) is 0 Å². The first-order valence-electron chi connectivity index (χ1n) is 10.1. The van der Waals surface area contributed by atoms with Gasteiger partial charge < -0.3 is 9.84 Å². The average Bonchev–Trinajstić information content (AvgIpc) is 2.98. The molecule has 1 atom stereocenters. The third kappa shape index (κ3) is 3.63. The highest BCUT2D eigenvalue weighted by Gasteiger charge is 2.52. The Morgan fingerprint density at radius 1 is 1.13 bits per heavy atom. The SMILES string of the molecule is CO[C@]1(c2ccc(Cl)cc2)c2ccc(C(C)(C)O)cc2C(=O)N1Cc1ccc(C)cn1. The maximum Gasteiger partial charge on any atom is 0.257 e. The fourth-order valence-corrected chi connectivity index (χ4v) is 4.22. The van der Waals surface area contributed by atoms with Crippen LogP contribution in [0.5, 0.6) is 0 Å². The molecule has 0 fully saturated rings. The Labute approximate surface area is 187 Å². The second kappa shape index (κ2) is 7.75. The zero-order chi connectivity index (χ0) is 22.4. The van der Waals surface area contributed by atoms with Gasteiger partial charge in [0.05, 0.1) is 17.8 Å². The summed E-state index contributed by atoms with van der Waals surface area (Å²) in [5.41, 5.74) is 2.27. The van der Waals surface area contributed by atoms with Crippen LogP contribution in [0.4, 0.5) is 0 Å². The minimum Gasteiger partial charge on any atom is -0.386 e. The standard InChI is InChI=1S/C25H25ClN2O3/c1-16-5-11-20(27-14-16)15-28-23(29)21-13-18(24(2,3)30)8-12-22(21)25(28,31-4)17-6-9-19(26)10-7-17/h5-14,30H,15H2,1-4H3/t25-/m1/s1. The highest BCUT2D eigenvalue weighted by atomic mass is 35.5. The van der Waals surface area contributed by atoms with E-state index >= 15 is 0 Å². The Morgan fingerprint density at radius 2 is 1.84 bits per heavy atom. The van der Waals surface area contributed by atoms with E-state index in [-0.39, 0.29) is 12.5 Å². The van der Waals surface area contributed by atoms with Crippen LogP contribution in [0.2, 0.25) is 5.02 Å². The van der Waals surface area contributed by atoms with E-state index in [0.717, 1.165) is 22.4 Å². The summed E-state index contributed by atoms with van der Waals surface area (Å²) in [6, 6.07) is 16.6. The van der Waals surface area contributed by atoms with Crippen LogP contribution in [-0.4, -0.2) is 28.0 Å². The lowest BCUT2D eigenvalue weighted by Crippen LogP contribution is -2.45. The summed E-state index contributed by atoms with van der Waals surface area (Å²) in [6.45, 7) is 5.64. The Hall–Kier alpha value is -2.73. The van der Waals surface area contributed by atoms with Gasteiger partial charge in [-0.05, 0) is 56.2 Å². The third-order valence-corrected chi connectivity index (χ3v) is 6.02. The molecule has 5 nitrogen and oxygen atoms in total. The van der Waals surface area contributed by atoms with Gasteiger partial charge in [-0.1, -0.05) is 41.9 Å². The van der Waals surface area contributed by atoms with E-state index < -0.39 is 11.3 Å². The molecule has 1 amide bonds. The first-order valence-corrected chi connectivity index (χ1v) is 10.5. The molecule has 160 valence electrons. The molecule has 1 aromatic heterocycles. The predicted molar refractivity (Wildman–Crippen MR) is 120 cm³/mol. The van der Waals surface area contributed by atoms with Gasteiger partial charge in [-0.15, -0.1) is 0 Å². The fraction of sp³-hybridized carbons (Fsp3) is 0.280. The number of carbonyl (C=O) groups is 1. The molecule has 0 spiro atoms. The quantitative estimate of drug-likeness (QED) is 0.625. The lowest BCUT2D eigenvalue weighted by Gasteiger charge is -2.38. The molecule has 31 heavy (non-hydrogen) atoms. The van der Waals surface area contributed by atoms with Crippen molar-refractivity contribution in [2.45, 2.75) is 38.6 Å². The van der Waals surface area contributed by atoms with Crippen molar-refractivity contribution in [2.24, 2.45) is 0 Å². The summed E-state index contributed by atoms with van der Waals surface area (Å²) < 4.78 is 6.13. The van der Waals surface area contributed by atoms with Crippen molar-refractivity contribution < 1.29 is 14.6 Å². The molecular weight excluding hydrogens is 412 g/mol. The third-order valence-electron chi connectivity index (χ3n) is 5.77. The van der Waals surface area contributed by atoms with Gasteiger partial charge in [-0.25, -0.2) is 0 Å². The number of pyridine rings is 1. The van der Waals surface area contributed by atoms with Gasteiger partial charge in [0.15, 0.2) is 5.72 Å². The average molecular weight is 437 g/mol. The van der Waals surface area contributed by atoms with Gasteiger partial charge in [0, 0.05) is 35.0 Å². The summed E-state index contributed by atoms with van der Waals surface area (Å²) in [4.78, 5) is 19.9. The van der Waals surface area contributed by atoms with Gasteiger partial charge in [0.1, 0.15) is 0 Å². The largest absolute Gasteiger partial charge is 0.386 e. The number of hydrogen-bond acceptors (Lipinski definition) is 4. The molecule has 0 aliphatic carbocycles. The van der Waals surface area contributed by atoms with E-state index in [4.69, 9.17) is 16.3 Å². The zero-order valence-electron chi connectivity index (χ0n) is 18.0. The van der Waals surface area contributed by atoms with E-state index in [9.17, 15) is 9.90 Å². The highest BCUT2D eigenvalue weighted by Crippen LogP contribution is 2.46. The molecule has 1 N–H and O–H groups in total. The van der Waals surface area contributed by atoms with Crippen molar-refractivity contribution in [3.63, 3.8) is 0 Å². The Kier molecular flexibility index (Phi) is 5.38. The second-order valence-corrected chi connectivity index (χ2v) is 8.83. The molecule has 1 aliphatic rings. The molecule has 2 aromatic carbocycles. The summed E-state index contributed by atoms with van der Waals surface area (Å²) in [5.74, 6) is -0.180. The summed E-state index contributed by atoms with van der Waals surface area (Å²) in [5, 5.41) is 11.1. The molecule has 0 unspecified atom stereocenters. The second-order valence-electron chi connectivity index (χ2n) is 8.39. The smallest absolute Gasteiger partial charge is 0.257 e. The monoisotopic (exact) mass is 436 g/mol. The maximum absolute atomic E-state index is 13.7. The fourth-order valence-electron chi connectivity index (χ4n) is 4.09.